The second-order valence-corrected chi connectivity index (χ2v) is 8.23. The highest BCUT2D eigenvalue weighted by atomic mass is 16.1. The topological polar surface area (TPSA) is 87.5 Å². The Hall–Kier alpha value is -1.14. The molecular formula is C26H64N4O2. The Morgan fingerprint density at radius 1 is 1.09 bits per heavy atom. The molecular weight excluding hydrogens is 400 g/mol. The summed E-state index contributed by atoms with van der Waals surface area (Å²) in [6.45, 7) is 18.0. The minimum absolute atomic E-state index is 0. The molecule has 0 radical (unpaired) electrons. The van der Waals surface area contributed by atoms with E-state index in [-0.39, 0.29) is 16.1 Å². The van der Waals surface area contributed by atoms with Crippen LogP contribution in [0.1, 0.15) is 124 Å². The van der Waals surface area contributed by atoms with Crippen molar-refractivity contribution in [3.05, 3.63) is 0 Å². The Labute approximate surface area is 205 Å². The number of piperidine rings is 2. The molecule has 0 aromatic carbocycles. The van der Waals surface area contributed by atoms with E-state index in [0.29, 0.717) is 18.5 Å². The van der Waals surface area contributed by atoms with Crippen molar-refractivity contribution in [3.8, 4) is 0 Å². The number of nitrogens with zero attached hydrogens (tertiary/aromatic N) is 1. The van der Waals surface area contributed by atoms with Gasteiger partial charge in [-0.1, -0.05) is 60.8 Å². The number of carbonyl (C=O) groups is 2. The summed E-state index contributed by atoms with van der Waals surface area (Å²) in [6.07, 6.45) is 12.6. The minimum atomic E-state index is -0.333. The van der Waals surface area contributed by atoms with E-state index in [1.54, 1.807) is 0 Å². The van der Waals surface area contributed by atoms with E-state index in [4.69, 9.17) is 0 Å². The zero-order valence-corrected chi connectivity index (χ0v) is 23.1. The molecule has 6 heteroatoms. The molecule has 0 bridgehead atoms. The Kier molecular flexibility index (Phi) is 28.9. The molecule has 3 atom stereocenters. The predicted octanol–water partition coefficient (Wildman–Crippen LogP) is 5.99. The summed E-state index contributed by atoms with van der Waals surface area (Å²) in [7, 11) is 2.26. The third-order valence-electron chi connectivity index (χ3n) is 5.32. The number of amides is 2. The summed E-state index contributed by atoms with van der Waals surface area (Å²) in [6, 6.07) is 1.81. The van der Waals surface area contributed by atoms with E-state index in [2.05, 4.69) is 42.2 Å². The molecule has 2 amide bonds. The van der Waals surface area contributed by atoms with Crippen LogP contribution in [0.2, 0.25) is 0 Å². The average Bonchev–Trinajstić information content (AvgIpc) is 2.79. The van der Waals surface area contributed by atoms with E-state index in [9.17, 15) is 9.59 Å². The van der Waals surface area contributed by atoms with Crippen LogP contribution in [0.15, 0.2) is 0 Å². The van der Waals surface area contributed by atoms with Crippen molar-refractivity contribution in [3.63, 3.8) is 0 Å². The maximum absolute atomic E-state index is 11.1. The predicted molar refractivity (Wildman–Crippen MR) is 147 cm³/mol. The van der Waals surface area contributed by atoms with Gasteiger partial charge in [0.25, 0.3) is 0 Å². The molecule has 2 aliphatic rings. The van der Waals surface area contributed by atoms with Gasteiger partial charge in [-0.2, -0.15) is 0 Å². The van der Waals surface area contributed by atoms with Gasteiger partial charge >= 0.3 is 0 Å². The zero-order chi connectivity index (χ0) is 25.4. The molecule has 200 valence electrons. The van der Waals surface area contributed by atoms with Crippen LogP contribution in [-0.2, 0) is 9.59 Å². The molecule has 0 unspecified atom stereocenters. The molecule has 32 heavy (non-hydrogen) atoms. The normalized spacial score (nSPS) is 20.8. The van der Waals surface area contributed by atoms with Crippen LogP contribution in [0.4, 0.5) is 0 Å². The highest BCUT2D eigenvalue weighted by molar-refractivity contribution is 5.75. The minimum Gasteiger partial charge on any atom is -0.370 e. The third kappa shape index (κ3) is 23.5. The maximum Gasteiger partial charge on any atom is 0.219 e. The number of primary amides is 1. The number of nitrogens with one attached hydrogen (secondary N) is 2. The Bertz CT molecular complexity index is 421. The number of likely N-dealkylation sites (tertiary alicyclic amines) is 1. The molecule has 0 spiro atoms. The number of carbonyl (C=O) groups excluding carboxylic acids is 2. The molecule has 4 N–H and O–H groups in total. The molecule has 0 aromatic heterocycles. The van der Waals surface area contributed by atoms with Crippen LogP contribution in [0.5, 0.6) is 0 Å². The van der Waals surface area contributed by atoms with Crippen molar-refractivity contribution >= 4 is 11.8 Å². The summed E-state index contributed by atoms with van der Waals surface area (Å²) < 4.78 is 0. The summed E-state index contributed by atoms with van der Waals surface area (Å²) >= 11 is 0. The molecule has 2 aliphatic heterocycles. The standard InChI is InChI=1S/C11H22N2O.C9H19N.C2H5NO.2C2H6.3H2/c1-3-11(14)13-9(2)8-10-6-4-5-7-12-10;1-3-6-9-7-4-5-8-10(9)2;1-2(3)4;2*1-2;;;/h9-10,12H,3-8H2,1-2H3,(H,13,14);9H,3-8H2,1-2H3;1H3,(H2,3,4);2*1-2H3;3*1H/t9-,10-;9-;;;;;;/m01....../s1. The maximum atomic E-state index is 11.1. The smallest absolute Gasteiger partial charge is 0.219 e. The quantitative estimate of drug-likeness (QED) is 0.451. The fourth-order valence-corrected chi connectivity index (χ4v) is 3.83. The lowest BCUT2D eigenvalue weighted by molar-refractivity contribution is -0.121. The molecule has 2 saturated heterocycles. The number of rotatable bonds is 6. The first-order chi connectivity index (χ1) is 15.3. The van der Waals surface area contributed by atoms with Gasteiger partial charge in [-0.25, -0.2) is 0 Å². The van der Waals surface area contributed by atoms with Crippen LogP contribution < -0.4 is 16.4 Å². The van der Waals surface area contributed by atoms with Crippen molar-refractivity contribution in [2.45, 2.75) is 138 Å². The van der Waals surface area contributed by atoms with Gasteiger partial charge in [-0.15, -0.1) is 0 Å². The lowest BCUT2D eigenvalue weighted by atomic mass is 9.99. The second kappa shape index (κ2) is 26.1. The van der Waals surface area contributed by atoms with Gasteiger partial charge in [0.2, 0.25) is 11.8 Å². The van der Waals surface area contributed by atoms with Crippen LogP contribution in [-0.4, -0.2) is 55.0 Å². The Morgan fingerprint density at radius 3 is 2.09 bits per heavy atom. The first-order valence-electron chi connectivity index (χ1n) is 13.3. The molecule has 2 heterocycles. The van der Waals surface area contributed by atoms with Crippen molar-refractivity contribution in [2.24, 2.45) is 5.73 Å². The number of hydrogen-bond donors (Lipinski definition) is 3. The Balaban J connectivity index is -0.0000000887. The molecule has 2 rings (SSSR count). The van der Waals surface area contributed by atoms with Crippen LogP contribution in [0.25, 0.3) is 0 Å². The average molecular weight is 465 g/mol. The fraction of sp³-hybridized carbons (Fsp3) is 0.923. The summed E-state index contributed by atoms with van der Waals surface area (Å²) in [4.78, 5) is 22.9. The Morgan fingerprint density at radius 2 is 1.66 bits per heavy atom. The summed E-state index contributed by atoms with van der Waals surface area (Å²) in [5.74, 6) is -0.173. The molecule has 0 saturated carbocycles. The van der Waals surface area contributed by atoms with Gasteiger partial charge in [-0.05, 0) is 65.6 Å². The van der Waals surface area contributed by atoms with Gasteiger partial charge in [0.05, 0.1) is 0 Å². The van der Waals surface area contributed by atoms with Crippen molar-refractivity contribution in [2.75, 3.05) is 20.1 Å². The third-order valence-corrected chi connectivity index (χ3v) is 5.32. The van der Waals surface area contributed by atoms with E-state index in [1.165, 1.54) is 64.8 Å². The highest BCUT2D eigenvalue weighted by Gasteiger charge is 2.17. The number of nitrogens with two attached hydrogens (primary N) is 1. The van der Waals surface area contributed by atoms with Crippen molar-refractivity contribution in [1.82, 2.24) is 15.5 Å². The lowest BCUT2D eigenvalue weighted by Gasteiger charge is -2.32. The first-order valence-corrected chi connectivity index (χ1v) is 13.3. The van der Waals surface area contributed by atoms with E-state index in [0.717, 1.165) is 19.0 Å². The molecule has 6 nitrogen and oxygen atoms in total. The molecule has 0 aromatic rings. The van der Waals surface area contributed by atoms with Gasteiger partial charge in [0.15, 0.2) is 0 Å². The largest absolute Gasteiger partial charge is 0.370 e. The van der Waals surface area contributed by atoms with Gasteiger partial charge < -0.3 is 21.3 Å². The molecule has 2 fully saturated rings. The zero-order valence-electron chi connectivity index (χ0n) is 23.1. The summed E-state index contributed by atoms with van der Waals surface area (Å²) in [5, 5.41) is 6.49. The highest BCUT2D eigenvalue weighted by Crippen LogP contribution is 2.18. The summed E-state index contributed by atoms with van der Waals surface area (Å²) in [5.41, 5.74) is 4.47. The van der Waals surface area contributed by atoms with Crippen LogP contribution in [0, 0.1) is 0 Å². The van der Waals surface area contributed by atoms with Crippen molar-refractivity contribution < 1.29 is 13.9 Å². The van der Waals surface area contributed by atoms with Gasteiger partial charge in [0, 0.05) is 35.7 Å². The van der Waals surface area contributed by atoms with Crippen LogP contribution >= 0.6 is 0 Å². The van der Waals surface area contributed by atoms with Crippen LogP contribution in [0.3, 0.4) is 0 Å². The second-order valence-electron chi connectivity index (χ2n) is 8.23. The fourth-order valence-electron chi connectivity index (χ4n) is 3.83. The number of hydrogen-bond acceptors (Lipinski definition) is 4. The lowest BCUT2D eigenvalue weighted by Crippen LogP contribution is -2.41. The van der Waals surface area contributed by atoms with Gasteiger partial charge in [-0.3, -0.25) is 9.59 Å². The first kappa shape index (κ1) is 35.4. The van der Waals surface area contributed by atoms with E-state index < -0.39 is 0 Å². The monoisotopic (exact) mass is 465 g/mol. The van der Waals surface area contributed by atoms with E-state index >= 15 is 0 Å². The van der Waals surface area contributed by atoms with Gasteiger partial charge in [0.1, 0.15) is 0 Å². The SMILES string of the molecule is CC.CC.CC(N)=O.CCC(=O)N[C@@H](C)C[C@@H]1CCCCN1.CCC[C@@H]1CCCCN1C.[HH].[HH].[HH]. The molecule has 0 aliphatic carbocycles. The van der Waals surface area contributed by atoms with E-state index in [1.807, 2.05) is 34.6 Å². The van der Waals surface area contributed by atoms with Crippen molar-refractivity contribution in [1.29, 1.82) is 0 Å².